The number of hydrogen-bond donors (Lipinski definition) is 1. The normalized spacial score (nSPS) is 18.7. The highest BCUT2D eigenvalue weighted by molar-refractivity contribution is 7.13. The highest BCUT2D eigenvalue weighted by Crippen LogP contribution is 2.30. The van der Waals surface area contributed by atoms with Gasteiger partial charge in [0, 0.05) is 25.0 Å². The first kappa shape index (κ1) is 17.0. The summed E-state index contributed by atoms with van der Waals surface area (Å²) in [4.78, 5) is 19.9. The van der Waals surface area contributed by atoms with Gasteiger partial charge in [0.1, 0.15) is 10.7 Å². The number of aromatic nitrogens is 1. The number of thiazole rings is 1. The van der Waals surface area contributed by atoms with Crippen LogP contribution in [0.4, 0.5) is 4.39 Å². The summed E-state index contributed by atoms with van der Waals surface area (Å²) in [5, 5.41) is 4.24. The van der Waals surface area contributed by atoms with Crippen LogP contribution in [0.2, 0.25) is 0 Å². The number of carbonyl (C=O) groups excluding carboxylic acids is 1. The third-order valence-corrected chi connectivity index (χ3v) is 5.51. The molecule has 0 aliphatic carbocycles. The first-order chi connectivity index (χ1) is 11.4. The maximum absolute atomic E-state index is 13.6. The standard InChI is InChI=1S/C18H22FN3OS/c1-18(2,3)17-21-11-15(24-17)16(23)22-8-7-20-10-14(22)12-5-4-6-13(19)9-12/h4-6,9,11,14,20H,7-8,10H2,1-3H3. The predicted molar refractivity (Wildman–Crippen MR) is 93.9 cm³/mol. The molecule has 128 valence electrons. The van der Waals surface area contributed by atoms with Crippen LogP contribution < -0.4 is 5.32 Å². The number of halogens is 1. The Balaban J connectivity index is 1.87. The van der Waals surface area contributed by atoms with Crippen molar-refractivity contribution in [3.8, 4) is 0 Å². The molecule has 1 saturated heterocycles. The van der Waals surface area contributed by atoms with Crippen molar-refractivity contribution in [1.82, 2.24) is 15.2 Å². The lowest BCUT2D eigenvalue weighted by Gasteiger charge is -2.36. The fourth-order valence-corrected chi connectivity index (χ4v) is 3.75. The second kappa shape index (κ2) is 6.61. The van der Waals surface area contributed by atoms with Crippen molar-refractivity contribution in [2.24, 2.45) is 0 Å². The lowest BCUT2D eigenvalue weighted by Crippen LogP contribution is -2.48. The molecule has 6 heteroatoms. The van der Waals surface area contributed by atoms with Gasteiger partial charge in [0.2, 0.25) is 0 Å². The van der Waals surface area contributed by atoms with E-state index in [1.54, 1.807) is 12.3 Å². The third-order valence-electron chi connectivity index (χ3n) is 4.10. The Labute approximate surface area is 145 Å². The Hall–Kier alpha value is -1.79. The van der Waals surface area contributed by atoms with Crippen molar-refractivity contribution in [3.05, 3.63) is 51.7 Å². The van der Waals surface area contributed by atoms with Gasteiger partial charge >= 0.3 is 0 Å². The van der Waals surface area contributed by atoms with Gasteiger partial charge in [-0.05, 0) is 17.7 Å². The molecule has 0 saturated carbocycles. The van der Waals surface area contributed by atoms with Crippen LogP contribution in [-0.2, 0) is 5.41 Å². The highest BCUT2D eigenvalue weighted by Gasteiger charge is 2.30. The van der Waals surface area contributed by atoms with E-state index in [9.17, 15) is 9.18 Å². The monoisotopic (exact) mass is 347 g/mol. The van der Waals surface area contributed by atoms with Gasteiger partial charge in [0.05, 0.1) is 17.2 Å². The van der Waals surface area contributed by atoms with Crippen LogP contribution in [0.1, 0.15) is 47.1 Å². The fourth-order valence-electron chi connectivity index (χ4n) is 2.82. The van der Waals surface area contributed by atoms with Gasteiger partial charge in [-0.25, -0.2) is 9.37 Å². The topological polar surface area (TPSA) is 45.2 Å². The summed E-state index contributed by atoms with van der Waals surface area (Å²) >= 11 is 1.45. The van der Waals surface area contributed by atoms with E-state index in [0.29, 0.717) is 18.0 Å². The zero-order valence-electron chi connectivity index (χ0n) is 14.2. The Bertz CT molecular complexity index is 738. The Morgan fingerprint density at radius 2 is 2.21 bits per heavy atom. The molecule has 2 heterocycles. The second-order valence-corrected chi connectivity index (χ2v) is 8.08. The maximum Gasteiger partial charge on any atom is 0.266 e. The van der Waals surface area contributed by atoms with E-state index < -0.39 is 0 Å². The molecule has 3 rings (SSSR count). The van der Waals surface area contributed by atoms with Crippen molar-refractivity contribution in [2.75, 3.05) is 19.6 Å². The van der Waals surface area contributed by atoms with Gasteiger partial charge in [-0.3, -0.25) is 4.79 Å². The molecule has 0 spiro atoms. The van der Waals surface area contributed by atoms with Crippen LogP contribution in [0.15, 0.2) is 30.5 Å². The second-order valence-electron chi connectivity index (χ2n) is 7.05. The molecule has 24 heavy (non-hydrogen) atoms. The molecular weight excluding hydrogens is 325 g/mol. The van der Waals surface area contributed by atoms with Gasteiger partial charge in [0.25, 0.3) is 5.91 Å². The first-order valence-electron chi connectivity index (χ1n) is 8.10. The Morgan fingerprint density at radius 3 is 2.88 bits per heavy atom. The molecule has 1 aliphatic rings. The SMILES string of the molecule is CC(C)(C)c1ncc(C(=O)N2CCNCC2c2cccc(F)c2)s1. The number of amides is 1. The van der Waals surface area contributed by atoms with Gasteiger partial charge in [-0.2, -0.15) is 0 Å². The molecule has 1 aliphatic heterocycles. The molecular formula is C18H22FN3OS. The molecule has 1 unspecified atom stereocenters. The number of benzene rings is 1. The number of hydrogen-bond acceptors (Lipinski definition) is 4. The first-order valence-corrected chi connectivity index (χ1v) is 8.91. The molecule has 0 bridgehead atoms. The molecule has 1 atom stereocenters. The Kier molecular flexibility index (Phi) is 4.69. The number of rotatable bonds is 2. The number of piperazine rings is 1. The summed E-state index contributed by atoms with van der Waals surface area (Å²) in [6.07, 6.45) is 1.66. The van der Waals surface area contributed by atoms with Crippen molar-refractivity contribution < 1.29 is 9.18 Å². The van der Waals surface area contributed by atoms with Crippen molar-refractivity contribution in [2.45, 2.75) is 32.2 Å². The van der Waals surface area contributed by atoms with E-state index in [1.165, 1.54) is 23.5 Å². The molecule has 2 aromatic rings. The zero-order chi connectivity index (χ0) is 17.3. The quantitative estimate of drug-likeness (QED) is 0.906. The average Bonchev–Trinajstić information content (AvgIpc) is 3.04. The smallest absolute Gasteiger partial charge is 0.266 e. The van der Waals surface area contributed by atoms with E-state index in [1.807, 2.05) is 11.0 Å². The lowest BCUT2D eigenvalue weighted by atomic mass is 9.98. The molecule has 1 fully saturated rings. The highest BCUT2D eigenvalue weighted by atomic mass is 32.1. The van der Waals surface area contributed by atoms with E-state index in [-0.39, 0.29) is 23.2 Å². The van der Waals surface area contributed by atoms with Crippen LogP contribution in [0, 0.1) is 5.82 Å². The summed E-state index contributed by atoms with van der Waals surface area (Å²) < 4.78 is 13.6. The maximum atomic E-state index is 13.6. The van der Waals surface area contributed by atoms with Crippen LogP contribution in [0.5, 0.6) is 0 Å². The number of carbonyl (C=O) groups is 1. The van der Waals surface area contributed by atoms with Gasteiger partial charge in [-0.15, -0.1) is 11.3 Å². The van der Waals surface area contributed by atoms with Gasteiger partial charge < -0.3 is 10.2 Å². The minimum atomic E-state index is -0.279. The van der Waals surface area contributed by atoms with Crippen LogP contribution in [0.3, 0.4) is 0 Å². The molecule has 1 aromatic carbocycles. The van der Waals surface area contributed by atoms with Crippen LogP contribution in [0.25, 0.3) is 0 Å². The molecule has 1 amide bonds. The summed E-state index contributed by atoms with van der Waals surface area (Å²) in [7, 11) is 0. The lowest BCUT2D eigenvalue weighted by molar-refractivity contribution is 0.0638. The number of nitrogens with zero attached hydrogens (tertiary/aromatic N) is 2. The van der Waals surface area contributed by atoms with Gasteiger partial charge in [0.15, 0.2) is 0 Å². The minimum absolute atomic E-state index is 0.0289. The summed E-state index contributed by atoms with van der Waals surface area (Å²) in [6, 6.07) is 6.32. The van der Waals surface area contributed by atoms with Gasteiger partial charge in [-0.1, -0.05) is 32.9 Å². The van der Waals surface area contributed by atoms with E-state index in [2.05, 4.69) is 31.1 Å². The minimum Gasteiger partial charge on any atom is -0.328 e. The third kappa shape index (κ3) is 3.49. The van der Waals surface area contributed by atoms with Crippen LogP contribution in [-0.4, -0.2) is 35.4 Å². The largest absolute Gasteiger partial charge is 0.328 e. The predicted octanol–water partition coefficient (Wildman–Crippen LogP) is 3.37. The molecule has 1 N–H and O–H groups in total. The van der Waals surface area contributed by atoms with Crippen molar-refractivity contribution >= 4 is 17.2 Å². The van der Waals surface area contributed by atoms with E-state index >= 15 is 0 Å². The molecule has 1 aromatic heterocycles. The number of nitrogens with one attached hydrogen (secondary N) is 1. The van der Waals surface area contributed by atoms with Crippen molar-refractivity contribution in [1.29, 1.82) is 0 Å². The Morgan fingerprint density at radius 1 is 1.42 bits per heavy atom. The molecule has 4 nitrogen and oxygen atoms in total. The summed E-state index contributed by atoms with van der Waals surface area (Å²) in [5.74, 6) is -0.308. The van der Waals surface area contributed by atoms with E-state index in [0.717, 1.165) is 17.1 Å². The van der Waals surface area contributed by atoms with Crippen molar-refractivity contribution in [3.63, 3.8) is 0 Å². The average molecular weight is 347 g/mol. The zero-order valence-corrected chi connectivity index (χ0v) is 15.0. The summed E-state index contributed by atoms with van der Waals surface area (Å²) in [5.41, 5.74) is 0.741. The van der Waals surface area contributed by atoms with Crippen LogP contribution >= 0.6 is 11.3 Å². The molecule has 0 radical (unpaired) electrons. The summed E-state index contributed by atoms with van der Waals surface area (Å²) in [6.45, 7) is 8.22. The fraction of sp³-hybridized carbons (Fsp3) is 0.444. The van der Waals surface area contributed by atoms with E-state index in [4.69, 9.17) is 0 Å².